The molecule has 20 aromatic rings. The Morgan fingerprint density at radius 2 is 0.342 bits per heavy atom. The van der Waals surface area contributed by atoms with E-state index < -0.39 is 32.3 Å². The van der Waals surface area contributed by atoms with Crippen LogP contribution in [-0.2, 0) is 0 Å². The van der Waals surface area contributed by atoms with Gasteiger partial charge in [-0.15, -0.1) is 0 Å². The summed E-state index contributed by atoms with van der Waals surface area (Å²) in [4.78, 5) is 12.1. The topological polar surface area (TPSA) is 35.6 Å². The molecule has 0 radical (unpaired) electrons. The molecule has 0 aliphatic heterocycles. The van der Waals surface area contributed by atoms with Gasteiger partial charge in [-0.2, -0.15) is 4.98 Å². The summed E-state index contributed by atoms with van der Waals surface area (Å²) in [5.41, 5.74) is 5.90. The van der Waals surface area contributed by atoms with Gasteiger partial charge in [-0.05, 0) is 107 Å². The van der Waals surface area contributed by atoms with E-state index in [4.69, 9.17) is 9.97 Å². The van der Waals surface area contributed by atoms with E-state index in [0.29, 0.717) is 5.95 Å². The number of hydrogen-bond donors (Lipinski definition) is 0. The standard InChI is InChI=1S/C106H78N4Si4/c1-14-40-79(41-15-1)100-78-105(109-101-70-66-92(111(80-42-16-2-17-43-80,81-44-18-3-19-45-81)82-46-20-4-21-47-82)74-96(101)97-75-93(67-71-102(97)109)112(83-48-22-5-23-49-83,84-50-24-6-25-51-84)85-52-26-7-27-53-85)108-106(107-100)110-103-72-68-94(113(86-54-28-8-29-55-86,87-56-30-9-31-57-87)88-58-32-10-33-59-88)76-98(103)99-77-95(69-73-104(99)110)114(89-60-34-11-35-61-89,90-62-36-12-37-63-90)91-64-38-13-39-65-91/h1-78H. The summed E-state index contributed by atoms with van der Waals surface area (Å²) < 4.78 is 4.83. The molecule has 0 N–H and O–H groups in total. The molecule has 3 heterocycles. The normalized spacial score (nSPS) is 12.0. The Morgan fingerprint density at radius 1 is 0.158 bits per heavy atom. The summed E-state index contributed by atoms with van der Waals surface area (Å²) in [6.07, 6.45) is 0. The van der Waals surface area contributed by atoms with Gasteiger partial charge in [0.1, 0.15) is 5.82 Å². The van der Waals surface area contributed by atoms with Gasteiger partial charge in [0, 0.05) is 33.2 Å². The smallest absolute Gasteiger partial charge is 0.237 e. The van der Waals surface area contributed by atoms with Gasteiger partial charge in [-0.25, -0.2) is 4.98 Å². The lowest BCUT2D eigenvalue weighted by Crippen LogP contribution is -2.74. The van der Waals surface area contributed by atoms with Gasteiger partial charge in [0.25, 0.3) is 0 Å². The fourth-order valence-corrected chi connectivity index (χ4v) is 38.2. The van der Waals surface area contributed by atoms with E-state index in [-0.39, 0.29) is 0 Å². The van der Waals surface area contributed by atoms with Crippen molar-refractivity contribution in [2.24, 2.45) is 0 Å². The number of hydrogen-bond acceptors (Lipinski definition) is 2. The third-order valence-electron chi connectivity index (χ3n) is 23.9. The molecule has 4 nitrogen and oxygen atoms in total. The Hall–Kier alpha value is -13.7. The Bertz CT molecular complexity index is 5640. The van der Waals surface area contributed by atoms with Crippen molar-refractivity contribution < 1.29 is 0 Å². The predicted molar refractivity (Wildman–Crippen MR) is 491 cm³/mol. The number of aromatic nitrogens is 4. The molecule has 0 spiro atoms. The summed E-state index contributed by atoms with van der Waals surface area (Å²) in [5.74, 6) is 1.32. The van der Waals surface area contributed by atoms with Crippen LogP contribution >= 0.6 is 0 Å². The second kappa shape index (κ2) is 29.5. The van der Waals surface area contributed by atoms with Crippen molar-refractivity contribution in [1.82, 2.24) is 19.1 Å². The summed E-state index contributed by atoms with van der Waals surface area (Å²) in [6.45, 7) is 0. The second-order valence-electron chi connectivity index (χ2n) is 29.8. The van der Waals surface area contributed by atoms with Crippen LogP contribution in [0.4, 0.5) is 0 Å². The average molecular weight is 1520 g/mol. The zero-order valence-electron chi connectivity index (χ0n) is 62.8. The van der Waals surface area contributed by atoms with Crippen molar-refractivity contribution in [3.63, 3.8) is 0 Å². The van der Waals surface area contributed by atoms with Crippen LogP contribution in [0, 0.1) is 0 Å². The van der Waals surface area contributed by atoms with Crippen LogP contribution in [0.25, 0.3) is 66.6 Å². The highest BCUT2D eigenvalue weighted by molar-refractivity contribution is 7.22. The lowest BCUT2D eigenvalue weighted by molar-refractivity contribution is 0.952. The van der Waals surface area contributed by atoms with Crippen LogP contribution in [0.3, 0.4) is 0 Å². The molecule has 3 aromatic heterocycles. The predicted octanol–water partition coefficient (Wildman–Crippen LogP) is 13.8. The SMILES string of the molecule is c1ccc(-c2cc(-n3c4ccc([Si](c5ccccc5)(c5ccccc5)c5ccccc5)cc4c4cc([Si](c5ccccc5)(c5ccccc5)c5ccccc5)ccc43)nc(-n3c4ccc([Si](c5ccccc5)(c5ccccc5)c5ccccc5)cc4c4cc([Si](c5ccccc5)(c5ccccc5)c5ccccc5)ccc43)n2)cc1. The Labute approximate surface area is 669 Å². The molecule has 538 valence electrons. The minimum absolute atomic E-state index is 0.567. The molecule has 0 saturated heterocycles. The molecule has 0 unspecified atom stereocenters. The molecule has 0 aliphatic rings. The van der Waals surface area contributed by atoms with Crippen LogP contribution in [0.15, 0.2) is 473 Å². The molecule has 0 atom stereocenters. The monoisotopic (exact) mass is 1520 g/mol. The molecular weight excluding hydrogens is 1440 g/mol. The second-order valence-corrected chi connectivity index (χ2v) is 45.0. The maximum absolute atomic E-state index is 6.15. The largest absolute Gasteiger partial charge is 0.294 e. The molecule has 0 fully saturated rings. The van der Waals surface area contributed by atoms with Gasteiger partial charge in [0.2, 0.25) is 5.95 Å². The van der Waals surface area contributed by atoms with Gasteiger partial charge in [0.05, 0.1) is 27.8 Å². The quantitative estimate of drug-likeness (QED) is 0.0597. The highest BCUT2D eigenvalue weighted by Crippen LogP contribution is 2.37. The van der Waals surface area contributed by atoms with Gasteiger partial charge in [0.15, 0.2) is 32.3 Å². The molecule has 8 heteroatoms. The van der Waals surface area contributed by atoms with E-state index in [9.17, 15) is 0 Å². The van der Waals surface area contributed by atoms with Gasteiger partial charge in [-0.3, -0.25) is 9.13 Å². The third-order valence-corrected chi connectivity index (χ3v) is 43.0. The Morgan fingerprint density at radius 3 is 0.544 bits per heavy atom. The molecule has 20 rings (SSSR count). The van der Waals surface area contributed by atoms with Crippen molar-refractivity contribution in [1.29, 1.82) is 0 Å². The number of nitrogens with zero attached hydrogens (tertiary/aromatic N) is 4. The fraction of sp³-hybridized carbons (Fsp3) is 0. The van der Waals surface area contributed by atoms with Crippen LogP contribution < -0.4 is 83.0 Å². The van der Waals surface area contributed by atoms with E-state index in [2.05, 4.69) is 482 Å². The number of rotatable bonds is 19. The first-order chi connectivity index (χ1) is 56.5. The highest BCUT2D eigenvalue weighted by Gasteiger charge is 2.47. The van der Waals surface area contributed by atoms with Crippen LogP contribution in [-0.4, -0.2) is 51.4 Å². The molecule has 0 saturated carbocycles. The fourth-order valence-electron chi connectivity index (χ4n) is 19.1. The summed E-state index contributed by atoms with van der Waals surface area (Å²) in [5, 5.41) is 25.4. The Balaban J connectivity index is 0.911. The van der Waals surface area contributed by atoms with E-state index in [1.165, 1.54) is 83.0 Å². The minimum atomic E-state index is -3.11. The molecule has 0 aliphatic carbocycles. The maximum Gasteiger partial charge on any atom is 0.237 e. The zero-order chi connectivity index (χ0) is 75.9. The van der Waals surface area contributed by atoms with E-state index in [0.717, 1.165) is 60.7 Å². The van der Waals surface area contributed by atoms with Gasteiger partial charge in [-0.1, -0.05) is 443 Å². The lowest BCUT2D eigenvalue weighted by atomic mass is 10.1. The van der Waals surface area contributed by atoms with Crippen molar-refractivity contribution >= 4 is 159 Å². The first-order valence-corrected chi connectivity index (χ1v) is 47.4. The molecule has 0 amide bonds. The van der Waals surface area contributed by atoms with Crippen molar-refractivity contribution in [3.8, 4) is 23.0 Å². The van der Waals surface area contributed by atoms with E-state index in [1.807, 2.05) is 0 Å². The third kappa shape index (κ3) is 11.4. The van der Waals surface area contributed by atoms with Crippen molar-refractivity contribution in [3.05, 3.63) is 473 Å². The maximum atomic E-state index is 6.15. The van der Waals surface area contributed by atoms with Crippen LogP contribution in [0.2, 0.25) is 0 Å². The number of benzene rings is 17. The first-order valence-electron chi connectivity index (χ1n) is 39.4. The number of fused-ring (bicyclic) bond motifs is 6. The van der Waals surface area contributed by atoms with E-state index in [1.54, 1.807) is 0 Å². The van der Waals surface area contributed by atoms with Crippen molar-refractivity contribution in [2.75, 3.05) is 0 Å². The van der Waals surface area contributed by atoms with Gasteiger partial charge >= 0.3 is 0 Å². The van der Waals surface area contributed by atoms with E-state index >= 15 is 0 Å². The zero-order valence-corrected chi connectivity index (χ0v) is 66.8. The highest BCUT2D eigenvalue weighted by atomic mass is 28.3. The summed E-state index contributed by atoms with van der Waals surface area (Å²) in [6, 6.07) is 178. The lowest BCUT2D eigenvalue weighted by Gasteiger charge is -2.34. The summed E-state index contributed by atoms with van der Waals surface area (Å²) in [7, 11) is -12.4. The van der Waals surface area contributed by atoms with Crippen LogP contribution in [0.1, 0.15) is 0 Å². The average Bonchev–Trinajstić information content (AvgIpc) is 1.48. The first kappa shape index (κ1) is 69.5. The molecule has 114 heavy (non-hydrogen) atoms. The Kier molecular flexibility index (Phi) is 18.0. The minimum Gasteiger partial charge on any atom is -0.294 e. The van der Waals surface area contributed by atoms with Gasteiger partial charge < -0.3 is 0 Å². The summed E-state index contributed by atoms with van der Waals surface area (Å²) >= 11 is 0. The van der Waals surface area contributed by atoms with Crippen molar-refractivity contribution in [2.45, 2.75) is 0 Å². The molecule has 0 bridgehead atoms. The molecular formula is C106H78N4Si4. The van der Waals surface area contributed by atoms with Crippen LogP contribution in [0.5, 0.6) is 0 Å². The molecule has 17 aromatic carbocycles.